The monoisotopic (exact) mass is 350 g/mol. The first-order valence-corrected chi connectivity index (χ1v) is 6.52. The fourth-order valence-corrected chi connectivity index (χ4v) is 2.39. The van der Waals surface area contributed by atoms with Crippen molar-refractivity contribution in [3.8, 4) is 11.5 Å². The first-order chi connectivity index (χ1) is 7.32. The van der Waals surface area contributed by atoms with E-state index in [-0.39, 0.29) is 5.41 Å². The van der Waals surface area contributed by atoms with Gasteiger partial charge in [0.2, 0.25) is 0 Å². The summed E-state index contributed by atoms with van der Waals surface area (Å²) in [7, 11) is 3.30. The summed E-state index contributed by atoms with van der Waals surface area (Å²) >= 11 is 6.99. The lowest BCUT2D eigenvalue weighted by molar-refractivity contribution is 0.343. The molecule has 2 nitrogen and oxygen atoms in total. The predicted octanol–water partition coefficient (Wildman–Crippen LogP) is 4.53. The highest BCUT2D eigenvalue weighted by molar-refractivity contribution is 9.13. The number of hydrogen-bond donors (Lipinski definition) is 0. The third-order valence-corrected chi connectivity index (χ3v) is 4.29. The van der Waals surface area contributed by atoms with Crippen LogP contribution >= 0.6 is 31.9 Å². The molecule has 0 aromatic heterocycles. The Bertz CT molecular complexity index is 395. The number of rotatable bonds is 2. The van der Waals surface area contributed by atoms with E-state index in [1.165, 1.54) is 0 Å². The minimum atomic E-state index is 0.00183. The van der Waals surface area contributed by atoms with Crippen LogP contribution in [0.2, 0.25) is 0 Å². The van der Waals surface area contributed by atoms with Crippen LogP contribution in [-0.4, -0.2) is 14.2 Å². The molecule has 0 aliphatic carbocycles. The molecular weight excluding hydrogens is 336 g/mol. The van der Waals surface area contributed by atoms with Crippen molar-refractivity contribution in [3.63, 3.8) is 0 Å². The lowest BCUT2D eigenvalue weighted by Crippen LogP contribution is -2.13. The Morgan fingerprint density at radius 1 is 1.00 bits per heavy atom. The predicted molar refractivity (Wildman–Crippen MR) is 73.6 cm³/mol. The van der Waals surface area contributed by atoms with E-state index < -0.39 is 0 Å². The van der Waals surface area contributed by atoms with Gasteiger partial charge in [-0.25, -0.2) is 0 Å². The molecule has 0 aliphatic rings. The molecular formula is C12H16Br2O2. The van der Waals surface area contributed by atoms with E-state index in [1.54, 1.807) is 14.2 Å². The van der Waals surface area contributed by atoms with Crippen LogP contribution in [0.1, 0.15) is 26.3 Å². The molecule has 0 saturated heterocycles. The Kier molecular flexibility index (Phi) is 4.29. The second kappa shape index (κ2) is 4.96. The van der Waals surface area contributed by atoms with Crippen molar-refractivity contribution in [1.82, 2.24) is 0 Å². The summed E-state index contributed by atoms with van der Waals surface area (Å²) in [4.78, 5) is 0. The van der Waals surface area contributed by atoms with E-state index in [1.807, 2.05) is 0 Å². The quantitative estimate of drug-likeness (QED) is 0.779. The fourth-order valence-electron chi connectivity index (χ4n) is 1.53. The summed E-state index contributed by atoms with van der Waals surface area (Å²) in [5.74, 6) is 1.51. The average molecular weight is 352 g/mol. The van der Waals surface area contributed by atoms with Gasteiger partial charge in [0.25, 0.3) is 0 Å². The molecule has 90 valence electrons. The van der Waals surface area contributed by atoms with Crippen LogP contribution in [0.4, 0.5) is 0 Å². The first-order valence-electron chi connectivity index (χ1n) is 4.93. The van der Waals surface area contributed by atoms with Crippen LogP contribution in [-0.2, 0) is 5.41 Å². The van der Waals surface area contributed by atoms with E-state index in [9.17, 15) is 0 Å². The van der Waals surface area contributed by atoms with Gasteiger partial charge < -0.3 is 9.47 Å². The summed E-state index contributed by atoms with van der Waals surface area (Å²) in [6.45, 7) is 6.43. The van der Waals surface area contributed by atoms with Crippen molar-refractivity contribution in [3.05, 3.63) is 20.6 Å². The highest BCUT2D eigenvalue weighted by Crippen LogP contribution is 2.46. The third kappa shape index (κ3) is 2.54. The molecule has 0 N–H and O–H groups in total. The number of benzene rings is 1. The molecule has 0 unspecified atom stereocenters. The number of ether oxygens (including phenoxy) is 2. The maximum Gasteiger partial charge on any atom is 0.176 e. The van der Waals surface area contributed by atoms with Crippen molar-refractivity contribution in [2.45, 2.75) is 26.2 Å². The maximum absolute atomic E-state index is 5.45. The van der Waals surface area contributed by atoms with Crippen molar-refractivity contribution >= 4 is 31.9 Å². The van der Waals surface area contributed by atoms with Gasteiger partial charge in [0, 0.05) is 10.0 Å². The van der Waals surface area contributed by atoms with Crippen molar-refractivity contribution in [2.75, 3.05) is 14.2 Å². The van der Waals surface area contributed by atoms with E-state index >= 15 is 0 Å². The standard InChI is InChI=1S/C12H16Br2O2/c1-12(2,3)7-6-8(13)9(14)11(16-5)10(7)15-4/h6H,1-5H3. The Labute approximate surface area is 114 Å². The van der Waals surface area contributed by atoms with Crippen LogP contribution in [0.25, 0.3) is 0 Å². The smallest absolute Gasteiger partial charge is 0.176 e. The molecule has 0 bridgehead atoms. The largest absolute Gasteiger partial charge is 0.493 e. The van der Waals surface area contributed by atoms with Crippen molar-refractivity contribution in [1.29, 1.82) is 0 Å². The lowest BCUT2D eigenvalue weighted by Gasteiger charge is -2.24. The van der Waals surface area contributed by atoms with Gasteiger partial charge in [0.05, 0.1) is 18.7 Å². The Morgan fingerprint density at radius 2 is 1.50 bits per heavy atom. The summed E-state index contributed by atoms with van der Waals surface area (Å²) in [6.07, 6.45) is 0. The summed E-state index contributed by atoms with van der Waals surface area (Å²) < 4.78 is 12.7. The van der Waals surface area contributed by atoms with Gasteiger partial charge >= 0.3 is 0 Å². The van der Waals surface area contributed by atoms with Gasteiger partial charge in [0.1, 0.15) is 0 Å². The molecule has 4 heteroatoms. The average Bonchev–Trinajstić information content (AvgIpc) is 2.19. The zero-order valence-corrected chi connectivity index (χ0v) is 13.3. The van der Waals surface area contributed by atoms with E-state index in [0.717, 1.165) is 26.0 Å². The Balaban J connectivity index is 3.57. The minimum Gasteiger partial charge on any atom is -0.493 e. The zero-order chi connectivity index (χ0) is 12.5. The molecule has 16 heavy (non-hydrogen) atoms. The van der Waals surface area contributed by atoms with Crippen LogP contribution in [0.3, 0.4) is 0 Å². The topological polar surface area (TPSA) is 18.5 Å². The van der Waals surface area contributed by atoms with Gasteiger partial charge in [-0.2, -0.15) is 0 Å². The maximum atomic E-state index is 5.45. The van der Waals surface area contributed by atoms with Crippen LogP contribution in [0, 0.1) is 0 Å². The zero-order valence-electron chi connectivity index (χ0n) is 10.1. The number of hydrogen-bond acceptors (Lipinski definition) is 2. The van der Waals surface area contributed by atoms with Gasteiger partial charge in [-0.05, 0) is 43.3 Å². The molecule has 0 fully saturated rings. The van der Waals surface area contributed by atoms with Gasteiger partial charge in [-0.3, -0.25) is 0 Å². The highest BCUT2D eigenvalue weighted by atomic mass is 79.9. The van der Waals surface area contributed by atoms with Crippen LogP contribution in [0.15, 0.2) is 15.0 Å². The lowest BCUT2D eigenvalue weighted by atomic mass is 9.86. The molecule has 0 heterocycles. The van der Waals surface area contributed by atoms with Gasteiger partial charge in [-0.1, -0.05) is 20.8 Å². The third-order valence-electron chi connectivity index (χ3n) is 2.35. The first kappa shape index (κ1) is 13.8. The summed E-state index contributed by atoms with van der Waals surface area (Å²) in [5, 5.41) is 0. The molecule has 0 spiro atoms. The molecule has 1 aromatic rings. The fraction of sp³-hybridized carbons (Fsp3) is 0.500. The van der Waals surface area contributed by atoms with Crippen LogP contribution < -0.4 is 9.47 Å². The molecule has 1 rings (SSSR count). The molecule has 0 amide bonds. The Hall–Kier alpha value is -0.220. The summed E-state index contributed by atoms with van der Waals surface area (Å²) in [5.41, 5.74) is 1.11. The Morgan fingerprint density at radius 3 is 1.88 bits per heavy atom. The second-order valence-electron chi connectivity index (χ2n) is 4.54. The van der Waals surface area contributed by atoms with Crippen LogP contribution in [0.5, 0.6) is 11.5 Å². The normalized spacial score (nSPS) is 11.4. The number of methoxy groups -OCH3 is 2. The van der Waals surface area contributed by atoms with E-state index in [4.69, 9.17) is 9.47 Å². The molecule has 1 aromatic carbocycles. The SMILES string of the molecule is COc1c(C(C)(C)C)cc(Br)c(Br)c1OC. The van der Waals surface area contributed by atoms with E-state index in [0.29, 0.717) is 0 Å². The van der Waals surface area contributed by atoms with E-state index in [2.05, 4.69) is 58.7 Å². The van der Waals surface area contributed by atoms with Gasteiger partial charge in [0.15, 0.2) is 11.5 Å². The second-order valence-corrected chi connectivity index (χ2v) is 6.18. The van der Waals surface area contributed by atoms with Gasteiger partial charge in [-0.15, -0.1) is 0 Å². The molecule has 0 saturated carbocycles. The molecule has 0 atom stereocenters. The highest BCUT2D eigenvalue weighted by Gasteiger charge is 2.25. The molecule has 0 radical (unpaired) electrons. The van der Waals surface area contributed by atoms with Crippen molar-refractivity contribution in [2.24, 2.45) is 0 Å². The van der Waals surface area contributed by atoms with Crippen molar-refractivity contribution < 1.29 is 9.47 Å². The molecule has 0 aliphatic heterocycles. The minimum absolute atomic E-state index is 0.00183. The number of halogens is 2. The summed E-state index contributed by atoms with van der Waals surface area (Å²) in [6, 6.07) is 2.06.